The molecule has 0 aliphatic rings. The lowest BCUT2D eigenvalue weighted by atomic mass is 10.4. The third-order valence-corrected chi connectivity index (χ3v) is 4.63. The number of nitrogens with zero attached hydrogens (tertiary/aromatic N) is 1. The summed E-state index contributed by atoms with van der Waals surface area (Å²) in [4.78, 5) is 29.2. The van der Waals surface area contributed by atoms with Crippen LogP contribution < -0.4 is 10.3 Å². The Hall–Kier alpha value is -2.13. The summed E-state index contributed by atoms with van der Waals surface area (Å²) < 4.78 is 25.4. The minimum absolute atomic E-state index is 0.0171. The van der Waals surface area contributed by atoms with Gasteiger partial charge in [0.2, 0.25) is 5.91 Å². The third kappa shape index (κ3) is 4.17. The molecule has 1 aromatic carbocycles. The molecule has 2 rings (SSSR count). The third-order valence-electron chi connectivity index (χ3n) is 2.27. The summed E-state index contributed by atoms with van der Waals surface area (Å²) in [6, 6.07) is 7.16. The molecule has 2 N–H and O–H groups in total. The predicted molar refractivity (Wildman–Crippen MR) is 76.4 cm³/mol. The second-order valence-corrected chi connectivity index (χ2v) is 6.72. The summed E-state index contributed by atoms with van der Waals surface area (Å²) in [7, 11) is -3.84. The fraction of sp³-hybridized carbons (Fsp3) is 0.0833. The van der Waals surface area contributed by atoms with Crippen molar-refractivity contribution in [2.75, 3.05) is 0 Å². The molecule has 2 aromatic rings. The highest BCUT2D eigenvalue weighted by Crippen LogP contribution is 2.24. The highest BCUT2D eigenvalue weighted by atomic mass is 32.2. The molecule has 0 atom stereocenters. The molecule has 0 radical (unpaired) electrons. The maximum Gasteiger partial charge on any atom is 0.264 e. The first-order valence-electron chi connectivity index (χ1n) is 5.73. The van der Waals surface area contributed by atoms with Gasteiger partial charge in [-0.3, -0.25) is 9.59 Å². The van der Waals surface area contributed by atoms with Gasteiger partial charge in [0.25, 0.3) is 15.6 Å². The second-order valence-electron chi connectivity index (χ2n) is 3.97. The Balaban J connectivity index is 2.20. The summed E-state index contributed by atoms with van der Waals surface area (Å²) in [6.07, 6.45) is 1.39. The predicted octanol–water partition coefficient (Wildman–Crippen LogP) is 0.746. The van der Waals surface area contributed by atoms with Gasteiger partial charge in [0.1, 0.15) is 0 Å². The van der Waals surface area contributed by atoms with Crippen molar-refractivity contribution in [2.24, 2.45) is 0 Å². The summed E-state index contributed by atoms with van der Waals surface area (Å²) in [5, 5.41) is 0.403. The summed E-state index contributed by atoms with van der Waals surface area (Å²) in [5.41, 5.74) is -0.266. The van der Waals surface area contributed by atoms with Crippen molar-refractivity contribution < 1.29 is 13.2 Å². The van der Waals surface area contributed by atoms with Gasteiger partial charge in [0.05, 0.1) is 4.90 Å². The molecule has 1 amide bonds. The molecular weight excluding hydrogens is 314 g/mol. The molecule has 0 aliphatic carbocycles. The van der Waals surface area contributed by atoms with Gasteiger partial charge in [-0.1, -0.05) is 11.8 Å². The zero-order valence-corrected chi connectivity index (χ0v) is 12.5. The summed E-state index contributed by atoms with van der Waals surface area (Å²) in [5.74, 6) is -0.653. The average Bonchev–Trinajstić information content (AvgIpc) is 2.38. The van der Waals surface area contributed by atoms with E-state index in [4.69, 9.17) is 0 Å². The van der Waals surface area contributed by atoms with Crippen LogP contribution in [0.2, 0.25) is 0 Å². The minimum atomic E-state index is -3.84. The maximum absolute atomic E-state index is 11.8. The molecule has 1 aromatic heterocycles. The van der Waals surface area contributed by atoms with Crippen molar-refractivity contribution in [3.8, 4) is 0 Å². The van der Waals surface area contributed by atoms with Crippen LogP contribution in [0.5, 0.6) is 0 Å². The molecule has 9 heteroatoms. The first-order valence-corrected chi connectivity index (χ1v) is 8.03. The van der Waals surface area contributed by atoms with E-state index in [1.54, 1.807) is 12.1 Å². The van der Waals surface area contributed by atoms with Crippen molar-refractivity contribution in [3.05, 3.63) is 46.9 Å². The number of H-pyrrole nitrogens is 1. The Morgan fingerprint density at radius 3 is 2.48 bits per heavy atom. The first kappa shape index (κ1) is 15.3. The summed E-state index contributed by atoms with van der Waals surface area (Å²) >= 11 is 1.19. The van der Waals surface area contributed by atoms with E-state index in [9.17, 15) is 18.0 Å². The van der Waals surface area contributed by atoms with Gasteiger partial charge in [0, 0.05) is 24.1 Å². The highest BCUT2D eigenvalue weighted by Gasteiger charge is 2.15. The summed E-state index contributed by atoms with van der Waals surface area (Å²) in [6.45, 7) is 1.12. The van der Waals surface area contributed by atoms with Crippen LogP contribution >= 0.6 is 11.8 Å². The quantitative estimate of drug-likeness (QED) is 0.803. The molecule has 0 fully saturated rings. The lowest BCUT2D eigenvalue weighted by Gasteiger charge is -2.05. The van der Waals surface area contributed by atoms with E-state index in [2.05, 4.69) is 9.97 Å². The number of hydrogen-bond acceptors (Lipinski definition) is 6. The van der Waals surface area contributed by atoms with Crippen LogP contribution in [0.15, 0.2) is 56.3 Å². The maximum atomic E-state index is 11.8. The molecular formula is C12H11N3O4S2. The van der Waals surface area contributed by atoms with E-state index in [-0.39, 0.29) is 10.5 Å². The Bertz CT molecular complexity index is 813. The SMILES string of the molecule is CC(=O)NS(=O)(=O)c1ccc(Sc2nccc(=O)[nH]2)cc1. The molecule has 21 heavy (non-hydrogen) atoms. The number of aromatic nitrogens is 2. The fourth-order valence-corrected chi connectivity index (χ4v) is 3.20. The average molecular weight is 325 g/mol. The molecule has 0 saturated carbocycles. The van der Waals surface area contributed by atoms with Crippen LogP contribution in [-0.2, 0) is 14.8 Å². The van der Waals surface area contributed by atoms with Gasteiger partial charge in [-0.2, -0.15) is 0 Å². The van der Waals surface area contributed by atoms with Crippen LogP contribution in [0, 0.1) is 0 Å². The normalized spacial score (nSPS) is 11.1. The van der Waals surface area contributed by atoms with Crippen LogP contribution in [0.4, 0.5) is 0 Å². The van der Waals surface area contributed by atoms with E-state index in [1.807, 2.05) is 4.72 Å². The fourth-order valence-electron chi connectivity index (χ4n) is 1.45. The van der Waals surface area contributed by atoms with Crippen LogP contribution in [0.3, 0.4) is 0 Å². The zero-order valence-electron chi connectivity index (χ0n) is 10.9. The zero-order chi connectivity index (χ0) is 15.5. The highest BCUT2D eigenvalue weighted by molar-refractivity contribution is 7.99. The van der Waals surface area contributed by atoms with Gasteiger partial charge < -0.3 is 4.98 Å². The van der Waals surface area contributed by atoms with Gasteiger partial charge >= 0.3 is 0 Å². The van der Waals surface area contributed by atoms with E-state index in [0.717, 1.165) is 6.92 Å². The number of hydrogen-bond donors (Lipinski definition) is 2. The topological polar surface area (TPSA) is 109 Å². The molecule has 1 heterocycles. The molecule has 7 nitrogen and oxygen atoms in total. The number of carbonyl (C=O) groups is 1. The molecule has 0 spiro atoms. The standard InChI is InChI=1S/C12H11N3O4S2/c1-8(16)15-21(18,19)10-4-2-9(3-5-10)20-12-13-7-6-11(17)14-12/h2-7H,1H3,(H,15,16)(H,13,14,17). The van der Waals surface area contributed by atoms with E-state index in [0.29, 0.717) is 10.1 Å². The number of amides is 1. The monoisotopic (exact) mass is 325 g/mol. The van der Waals surface area contributed by atoms with Crippen LogP contribution in [0.25, 0.3) is 0 Å². The van der Waals surface area contributed by atoms with Crippen LogP contribution in [-0.4, -0.2) is 24.3 Å². The number of nitrogens with one attached hydrogen (secondary N) is 2. The Morgan fingerprint density at radius 1 is 1.24 bits per heavy atom. The molecule has 0 aliphatic heterocycles. The largest absolute Gasteiger partial charge is 0.301 e. The molecule has 110 valence electrons. The van der Waals surface area contributed by atoms with Crippen molar-refractivity contribution in [1.82, 2.24) is 14.7 Å². The second kappa shape index (κ2) is 6.10. The number of carbonyl (C=O) groups excluding carboxylic acids is 1. The number of benzene rings is 1. The van der Waals surface area contributed by atoms with Gasteiger partial charge in [0.15, 0.2) is 5.16 Å². The van der Waals surface area contributed by atoms with Gasteiger partial charge in [-0.25, -0.2) is 18.1 Å². The minimum Gasteiger partial charge on any atom is -0.301 e. The van der Waals surface area contributed by atoms with Gasteiger partial charge in [-0.05, 0) is 24.3 Å². The van der Waals surface area contributed by atoms with Crippen molar-refractivity contribution in [3.63, 3.8) is 0 Å². The lowest BCUT2D eigenvalue weighted by molar-refractivity contribution is -0.117. The lowest BCUT2D eigenvalue weighted by Crippen LogP contribution is -2.28. The van der Waals surface area contributed by atoms with Crippen molar-refractivity contribution in [1.29, 1.82) is 0 Å². The van der Waals surface area contributed by atoms with E-state index < -0.39 is 15.9 Å². The smallest absolute Gasteiger partial charge is 0.264 e. The number of rotatable bonds is 4. The molecule has 0 unspecified atom stereocenters. The number of sulfonamides is 1. The molecule has 0 bridgehead atoms. The van der Waals surface area contributed by atoms with E-state index >= 15 is 0 Å². The van der Waals surface area contributed by atoms with Gasteiger partial charge in [-0.15, -0.1) is 0 Å². The van der Waals surface area contributed by atoms with Crippen LogP contribution in [0.1, 0.15) is 6.92 Å². The van der Waals surface area contributed by atoms with Crippen molar-refractivity contribution >= 4 is 27.7 Å². The Labute approximate surface area is 124 Å². The Kier molecular flexibility index (Phi) is 4.43. The van der Waals surface area contributed by atoms with Crippen molar-refractivity contribution in [2.45, 2.75) is 21.9 Å². The first-order chi connectivity index (χ1) is 9.87. The Morgan fingerprint density at radius 2 is 1.90 bits per heavy atom. The number of aromatic amines is 1. The van der Waals surface area contributed by atoms with E-state index in [1.165, 1.54) is 36.2 Å². The molecule has 0 saturated heterocycles.